The number of imidazole rings is 1. The second-order valence-corrected chi connectivity index (χ2v) is 9.53. The van der Waals surface area contributed by atoms with E-state index in [9.17, 15) is 8.42 Å². The number of aryl methyl sites for hydroxylation is 3. The molecule has 0 radical (unpaired) electrons. The second kappa shape index (κ2) is 8.11. The summed E-state index contributed by atoms with van der Waals surface area (Å²) in [6.07, 6.45) is 6.41. The molecule has 30 heavy (non-hydrogen) atoms. The van der Waals surface area contributed by atoms with Crippen LogP contribution in [-0.2, 0) is 17.1 Å². The van der Waals surface area contributed by atoms with Gasteiger partial charge in [-0.05, 0) is 44.4 Å². The number of nitrogens with zero attached hydrogens (tertiary/aromatic N) is 6. The van der Waals surface area contributed by atoms with Crippen LogP contribution in [0.1, 0.15) is 35.8 Å². The van der Waals surface area contributed by atoms with E-state index in [-0.39, 0.29) is 10.9 Å². The molecular formula is C20H25N7O2S. The Morgan fingerprint density at radius 2 is 1.97 bits per heavy atom. The van der Waals surface area contributed by atoms with Gasteiger partial charge in [0.1, 0.15) is 17.5 Å². The van der Waals surface area contributed by atoms with Crippen molar-refractivity contribution in [2.45, 2.75) is 37.6 Å². The van der Waals surface area contributed by atoms with Crippen molar-refractivity contribution in [2.75, 3.05) is 18.4 Å². The number of piperidine rings is 1. The number of hydrogen-bond acceptors (Lipinski definition) is 7. The molecule has 10 heteroatoms. The van der Waals surface area contributed by atoms with Gasteiger partial charge in [-0.3, -0.25) is 0 Å². The van der Waals surface area contributed by atoms with Crippen LogP contribution >= 0.6 is 0 Å². The van der Waals surface area contributed by atoms with E-state index in [1.165, 1.54) is 16.8 Å². The van der Waals surface area contributed by atoms with Crippen molar-refractivity contribution in [3.05, 3.63) is 54.0 Å². The van der Waals surface area contributed by atoms with Gasteiger partial charge in [0.15, 0.2) is 5.03 Å². The summed E-state index contributed by atoms with van der Waals surface area (Å²) in [5, 5.41) is 3.31. The molecule has 9 nitrogen and oxygen atoms in total. The third-order valence-corrected chi connectivity index (χ3v) is 6.87. The van der Waals surface area contributed by atoms with Crippen molar-refractivity contribution in [2.24, 2.45) is 7.05 Å². The zero-order valence-corrected chi connectivity index (χ0v) is 18.1. The highest BCUT2D eigenvalue weighted by molar-refractivity contribution is 7.89. The highest BCUT2D eigenvalue weighted by atomic mass is 32.2. The molecule has 1 fully saturated rings. The van der Waals surface area contributed by atoms with E-state index in [1.54, 1.807) is 17.8 Å². The predicted molar refractivity (Wildman–Crippen MR) is 113 cm³/mol. The fourth-order valence-corrected chi connectivity index (χ4v) is 5.15. The quantitative estimate of drug-likeness (QED) is 0.667. The molecule has 0 aliphatic carbocycles. The Morgan fingerprint density at radius 3 is 2.70 bits per heavy atom. The minimum absolute atomic E-state index is 0.00930. The minimum atomic E-state index is -3.62. The van der Waals surface area contributed by atoms with Crippen LogP contribution < -0.4 is 5.32 Å². The molecule has 1 atom stereocenters. The van der Waals surface area contributed by atoms with Gasteiger partial charge in [0, 0.05) is 44.5 Å². The summed E-state index contributed by atoms with van der Waals surface area (Å²) in [4.78, 5) is 17.4. The van der Waals surface area contributed by atoms with Crippen LogP contribution in [0.5, 0.6) is 0 Å². The SMILES string of the molecule is Cc1ccnc(Nc2cc(C3CCCN(S(=O)(=O)c4cn(C)cn4)C3)nc(C)n2)c1. The number of aromatic nitrogens is 5. The Kier molecular flexibility index (Phi) is 5.52. The van der Waals surface area contributed by atoms with Crippen molar-refractivity contribution >= 4 is 21.7 Å². The van der Waals surface area contributed by atoms with Crippen LogP contribution in [-0.4, -0.2) is 50.3 Å². The largest absolute Gasteiger partial charge is 0.339 e. The zero-order valence-electron chi connectivity index (χ0n) is 17.3. The number of pyridine rings is 1. The molecule has 1 N–H and O–H groups in total. The van der Waals surface area contributed by atoms with E-state index in [2.05, 4.69) is 25.3 Å². The van der Waals surface area contributed by atoms with Gasteiger partial charge in [-0.2, -0.15) is 4.31 Å². The molecule has 3 aromatic rings. The highest BCUT2D eigenvalue weighted by Crippen LogP contribution is 2.30. The Bertz CT molecular complexity index is 1160. The maximum absolute atomic E-state index is 13.0. The topological polar surface area (TPSA) is 106 Å². The number of nitrogens with one attached hydrogen (secondary N) is 1. The minimum Gasteiger partial charge on any atom is -0.339 e. The lowest BCUT2D eigenvalue weighted by atomic mass is 9.96. The normalized spacial score (nSPS) is 17.8. The van der Waals surface area contributed by atoms with E-state index >= 15 is 0 Å². The molecule has 0 saturated carbocycles. The Labute approximate surface area is 176 Å². The van der Waals surface area contributed by atoms with E-state index in [1.807, 2.05) is 32.0 Å². The molecular weight excluding hydrogens is 402 g/mol. The summed E-state index contributed by atoms with van der Waals surface area (Å²) in [6.45, 7) is 4.70. The van der Waals surface area contributed by atoms with E-state index in [4.69, 9.17) is 0 Å². The highest BCUT2D eigenvalue weighted by Gasteiger charge is 2.33. The molecule has 1 aliphatic heterocycles. The number of anilines is 2. The Balaban J connectivity index is 1.57. The third kappa shape index (κ3) is 4.34. The van der Waals surface area contributed by atoms with Crippen molar-refractivity contribution in [1.29, 1.82) is 0 Å². The summed E-state index contributed by atoms with van der Waals surface area (Å²) in [5.41, 5.74) is 1.93. The van der Waals surface area contributed by atoms with Gasteiger partial charge in [-0.15, -0.1) is 0 Å². The molecule has 4 heterocycles. The summed E-state index contributed by atoms with van der Waals surface area (Å²) in [6, 6.07) is 5.76. The fraction of sp³-hybridized carbons (Fsp3) is 0.400. The standard InChI is InChI=1S/C20H25N7O2S/c1-14-6-7-21-18(9-14)25-19-10-17(23-15(2)24-19)16-5-4-8-27(11-16)30(28,29)20-12-26(3)13-22-20/h6-7,9-10,12-13,16H,4-5,8,11H2,1-3H3,(H,21,23,24,25). The van der Waals surface area contributed by atoms with Crippen LogP contribution in [0.3, 0.4) is 0 Å². The van der Waals surface area contributed by atoms with Gasteiger partial charge in [0.25, 0.3) is 10.0 Å². The van der Waals surface area contributed by atoms with Crippen LogP contribution in [0.25, 0.3) is 0 Å². The molecule has 0 bridgehead atoms. The van der Waals surface area contributed by atoms with Gasteiger partial charge in [0.05, 0.1) is 12.0 Å². The summed E-state index contributed by atoms with van der Waals surface area (Å²) < 4.78 is 29.1. The monoisotopic (exact) mass is 427 g/mol. The number of hydrogen-bond donors (Lipinski definition) is 1. The van der Waals surface area contributed by atoms with Gasteiger partial charge in [-0.1, -0.05) is 0 Å². The first-order valence-corrected chi connectivity index (χ1v) is 11.3. The molecule has 1 aliphatic rings. The summed E-state index contributed by atoms with van der Waals surface area (Å²) >= 11 is 0. The van der Waals surface area contributed by atoms with Crippen molar-refractivity contribution in [1.82, 2.24) is 28.8 Å². The lowest BCUT2D eigenvalue weighted by molar-refractivity contribution is 0.311. The summed E-state index contributed by atoms with van der Waals surface area (Å²) in [7, 11) is -1.87. The van der Waals surface area contributed by atoms with Crippen LogP contribution in [0.15, 0.2) is 41.9 Å². The van der Waals surface area contributed by atoms with Crippen LogP contribution in [0.2, 0.25) is 0 Å². The number of rotatable bonds is 5. The van der Waals surface area contributed by atoms with Crippen molar-refractivity contribution < 1.29 is 8.42 Å². The van der Waals surface area contributed by atoms with Crippen LogP contribution in [0.4, 0.5) is 11.6 Å². The molecule has 1 saturated heterocycles. The summed E-state index contributed by atoms with van der Waals surface area (Å²) in [5.74, 6) is 1.99. The van der Waals surface area contributed by atoms with E-state index in [0.717, 1.165) is 24.1 Å². The maximum Gasteiger partial charge on any atom is 0.262 e. The molecule has 3 aromatic heterocycles. The fourth-order valence-electron chi connectivity index (χ4n) is 3.66. The molecule has 158 valence electrons. The third-order valence-electron chi connectivity index (χ3n) is 5.12. The molecule has 0 aromatic carbocycles. The van der Waals surface area contributed by atoms with E-state index in [0.29, 0.717) is 30.5 Å². The first-order chi connectivity index (χ1) is 14.3. The average Bonchev–Trinajstić information content (AvgIpc) is 3.15. The lowest BCUT2D eigenvalue weighted by Crippen LogP contribution is -2.39. The van der Waals surface area contributed by atoms with Gasteiger partial charge >= 0.3 is 0 Å². The van der Waals surface area contributed by atoms with Gasteiger partial charge in [0.2, 0.25) is 0 Å². The molecule has 4 rings (SSSR count). The maximum atomic E-state index is 13.0. The first kappa shape index (κ1) is 20.4. The molecule has 0 spiro atoms. The second-order valence-electron chi connectivity index (χ2n) is 7.65. The Hall–Kier alpha value is -2.85. The molecule has 1 unspecified atom stereocenters. The van der Waals surface area contributed by atoms with Crippen molar-refractivity contribution in [3.8, 4) is 0 Å². The van der Waals surface area contributed by atoms with Crippen LogP contribution in [0, 0.1) is 13.8 Å². The first-order valence-electron chi connectivity index (χ1n) is 9.84. The number of sulfonamides is 1. The van der Waals surface area contributed by atoms with Gasteiger partial charge < -0.3 is 9.88 Å². The average molecular weight is 428 g/mol. The lowest BCUT2D eigenvalue weighted by Gasteiger charge is -2.31. The van der Waals surface area contributed by atoms with Crippen molar-refractivity contribution in [3.63, 3.8) is 0 Å². The van der Waals surface area contributed by atoms with Gasteiger partial charge in [-0.25, -0.2) is 28.4 Å². The zero-order chi connectivity index (χ0) is 21.3. The predicted octanol–water partition coefficient (Wildman–Crippen LogP) is 2.53. The van der Waals surface area contributed by atoms with E-state index < -0.39 is 10.0 Å². The molecule has 0 amide bonds. The smallest absolute Gasteiger partial charge is 0.262 e. The Morgan fingerprint density at radius 1 is 1.13 bits per heavy atom.